The zero-order valence-electron chi connectivity index (χ0n) is 8.41. The number of hydrogen-bond acceptors (Lipinski definition) is 3. The molecule has 4 nitrogen and oxygen atoms in total. The molecule has 0 unspecified atom stereocenters. The Morgan fingerprint density at radius 1 is 1.44 bits per heavy atom. The van der Waals surface area contributed by atoms with Crippen molar-refractivity contribution in [1.29, 1.82) is 0 Å². The van der Waals surface area contributed by atoms with Crippen LogP contribution in [0.4, 0.5) is 5.69 Å². The van der Waals surface area contributed by atoms with Crippen LogP contribution >= 0.6 is 27.5 Å². The van der Waals surface area contributed by atoms with E-state index >= 15 is 0 Å². The Balaban J connectivity index is 2.83. The van der Waals surface area contributed by atoms with Gasteiger partial charge in [0.25, 0.3) is 0 Å². The number of anilines is 1. The van der Waals surface area contributed by atoms with E-state index in [-0.39, 0.29) is 5.75 Å². The van der Waals surface area contributed by atoms with E-state index in [0.29, 0.717) is 28.1 Å². The summed E-state index contributed by atoms with van der Waals surface area (Å²) in [5.74, 6) is 0.00243. The van der Waals surface area contributed by atoms with Crippen molar-refractivity contribution in [2.45, 2.75) is 6.42 Å². The summed E-state index contributed by atoms with van der Waals surface area (Å²) in [7, 11) is -3.35. The topological polar surface area (TPSA) is 72.2 Å². The molecule has 0 atom stereocenters. The first-order chi connectivity index (χ1) is 7.44. The zero-order chi connectivity index (χ0) is 12.2. The number of hydrogen-bond donors (Lipinski definition) is 2. The molecule has 0 aliphatic rings. The van der Waals surface area contributed by atoms with Gasteiger partial charge in [0.05, 0.1) is 11.4 Å². The number of sulfonamides is 1. The van der Waals surface area contributed by atoms with Gasteiger partial charge in [-0.3, -0.25) is 4.72 Å². The monoisotopic (exact) mass is 326 g/mol. The summed E-state index contributed by atoms with van der Waals surface area (Å²) in [4.78, 5) is 0. The first-order valence-corrected chi connectivity index (χ1v) is 7.42. The second kappa shape index (κ2) is 5.86. The van der Waals surface area contributed by atoms with Gasteiger partial charge >= 0.3 is 0 Å². The van der Waals surface area contributed by atoms with Crippen LogP contribution in [0.5, 0.6) is 0 Å². The van der Waals surface area contributed by atoms with Gasteiger partial charge in [0.1, 0.15) is 0 Å². The van der Waals surface area contributed by atoms with Crippen molar-refractivity contribution in [1.82, 2.24) is 0 Å². The van der Waals surface area contributed by atoms with E-state index in [0.717, 1.165) is 0 Å². The summed E-state index contributed by atoms with van der Waals surface area (Å²) in [6.45, 7) is 0.345. The molecule has 3 N–H and O–H groups in total. The lowest BCUT2D eigenvalue weighted by Crippen LogP contribution is -2.19. The van der Waals surface area contributed by atoms with Crippen LogP contribution in [0.1, 0.15) is 6.42 Å². The molecule has 0 aromatic heterocycles. The van der Waals surface area contributed by atoms with E-state index < -0.39 is 10.0 Å². The van der Waals surface area contributed by atoms with Gasteiger partial charge in [0.15, 0.2) is 0 Å². The Morgan fingerprint density at radius 3 is 2.75 bits per heavy atom. The smallest absolute Gasteiger partial charge is 0.232 e. The first kappa shape index (κ1) is 13.8. The van der Waals surface area contributed by atoms with Crippen molar-refractivity contribution in [3.63, 3.8) is 0 Å². The molecule has 0 radical (unpaired) electrons. The van der Waals surface area contributed by atoms with Gasteiger partial charge in [0, 0.05) is 9.50 Å². The minimum Gasteiger partial charge on any atom is -0.330 e. The van der Waals surface area contributed by atoms with Crippen molar-refractivity contribution in [3.8, 4) is 0 Å². The maximum Gasteiger partial charge on any atom is 0.232 e. The molecule has 1 aromatic carbocycles. The second-order valence-electron chi connectivity index (χ2n) is 3.19. The lowest BCUT2D eigenvalue weighted by atomic mass is 10.3. The number of rotatable bonds is 5. The average Bonchev–Trinajstić information content (AvgIpc) is 2.20. The van der Waals surface area contributed by atoms with Crippen LogP contribution in [-0.2, 0) is 10.0 Å². The van der Waals surface area contributed by atoms with Crippen LogP contribution in [0.2, 0.25) is 5.02 Å². The second-order valence-corrected chi connectivity index (χ2v) is 6.32. The van der Waals surface area contributed by atoms with Crippen molar-refractivity contribution in [2.75, 3.05) is 17.0 Å². The highest BCUT2D eigenvalue weighted by atomic mass is 79.9. The molecule has 7 heteroatoms. The molecule has 0 bridgehead atoms. The third-order valence-electron chi connectivity index (χ3n) is 1.81. The standard InChI is InChI=1S/C9H12BrClN2O2S/c10-8-3-2-7(11)6-9(8)13-16(14,15)5-1-4-12/h2-3,6,13H,1,4-5,12H2. The van der Waals surface area contributed by atoms with E-state index in [1.807, 2.05) is 0 Å². The summed E-state index contributed by atoms with van der Waals surface area (Å²) in [5, 5.41) is 0.472. The lowest BCUT2D eigenvalue weighted by Gasteiger charge is -2.09. The normalized spacial score (nSPS) is 11.4. The first-order valence-electron chi connectivity index (χ1n) is 4.60. The number of nitrogens with two attached hydrogens (primary N) is 1. The van der Waals surface area contributed by atoms with E-state index in [1.165, 1.54) is 0 Å². The Hall–Kier alpha value is -0.300. The molecule has 0 spiro atoms. The van der Waals surface area contributed by atoms with Crippen LogP contribution in [0, 0.1) is 0 Å². The predicted octanol–water partition coefficient (Wildman–Crippen LogP) is 2.19. The van der Waals surface area contributed by atoms with Crippen LogP contribution in [0.25, 0.3) is 0 Å². The summed E-state index contributed by atoms with van der Waals surface area (Å²) < 4.78 is 26.3. The zero-order valence-corrected chi connectivity index (χ0v) is 11.6. The fraction of sp³-hybridized carbons (Fsp3) is 0.333. The molecule has 0 saturated heterocycles. The van der Waals surface area contributed by atoms with Crippen molar-refractivity contribution in [3.05, 3.63) is 27.7 Å². The van der Waals surface area contributed by atoms with E-state index in [2.05, 4.69) is 20.7 Å². The molecule has 16 heavy (non-hydrogen) atoms. The number of halogens is 2. The molecule has 1 aromatic rings. The highest BCUT2D eigenvalue weighted by Crippen LogP contribution is 2.26. The van der Waals surface area contributed by atoms with E-state index in [1.54, 1.807) is 18.2 Å². The minimum atomic E-state index is -3.35. The van der Waals surface area contributed by atoms with E-state index in [4.69, 9.17) is 17.3 Å². The molecule has 0 aliphatic heterocycles. The Labute approximate surface area is 108 Å². The van der Waals surface area contributed by atoms with Crippen LogP contribution in [0.3, 0.4) is 0 Å². The van der Waals surface area contributed by atoms with Gasteiger partial charge < -0.3 is 5.73 Å². The van der Waals surface area contributed by atoms with Crippen molar-refractivity contribution >= 4 is 43.2 Å². The maximum absolute atomic E-state index is 11.6. The highest BCUT2D eigenvalue weighted by Gasteiger charge is 2.11. The Morgan fingerprint density at radius 2 is 2.12 bits per heavy atom. The van der Waals surface area contributed by atoms with Gasteiger partial charge in [0.2, 0.25) is 10.0 Å². The van der Waals surface area contributed by atoms with Crippen LogP contribution < -0.4 is 10.5 Å². The summed E-state index contributed by atoms with van der Waals surface area (Å²) in [6, 6.07) is 4.90. The molecular weight excluding hydrogens is 316 g/mol. The lowest BCUT2D eigenvalue weighted by molar-refractivity contribution is 0.598. The fourth-order valence-corrected chi connectivity index (χ4v) is 2.87. The van der Waals surface area contributed by atoms with Crippen molar-refractivity contribution < 1.29 is 8.42 Å². The highest BCUT2D eigenvalue weighted by molar-refractivity contribution is 9.10. The SMILES string of the molecule is NCCCS(=O)(=O)Nc1cc(Cl)ccc1Br. The summed E-state index contributed by atoms with van der Waals surface area (Å²) >= 11 is 9.02. The van der Waals surface area contributed by atoms with Crippen LogP contribution in [0.15, 0.2) is 22.7 Å². The summed E-state index contributed by atoms with van der Waals surface area (Å²) in [5.41, 5.74) is 5.70. The molecule has 90 valence electrons. The van der Waals surface area contributed by atoms with Crippen molar-refractivity contribution in [2.24, 2.45) is 5.73 Å². The predicted molar refractivity (Wildman–Crippen MR) is 70.2 cm³/mol. The molecule has 0 amide bonds. The van der Waals surface area contributed by atoms with E-state index in [9.17, 15) is 8.42 Å². The third kappa shape index (κ3) is 4.29. The maximum atomic E-state index is 11.6. The van der Waals surface area contributed by atoms with Gasteiger partial charge in [-0.15, -0.1) is 0 Å². The quantitative estimate of drug-likeness (QED) is 0.871. The average molecular weight is 328 g/mol. The van der Waals surface area contributed by atoms with Gasteiger partial charge in [-0.2, -0.15) is 0 Å². The number of nitrogens with one attached hydrogen (secondary N) is 1. The van der Waals surface area contributed by atoms with Gasteiger partial charge in [-0.05, 0) is 47.1 Å². The largest absolute Gasteiger partial charge is 0.330 e. The van der Waals surface area contributed by atoms with Gasteiger partial charge in [-0.25, -0.2) is 8.42 Å². The summed E-state index contributed by atoms with van der Waals surface area (Å²) in [6.07, 6.45) is 0.424. The molecule has 0 aliphatic carbocycles. The molecular formula is C9H12BrClN2O2S. The minimum absolute atomic E-state index is 0.00243. The molecule has 0 saturated carbocycles. The molecule has 1 rings (SSSR count). The number of benzene rings is 1. The Kier molecular flexibility index (Phi) is 5.04. The Bertz CT molecular complexity index is 465. The fourth-order valence-electron chi connectivity index (χ4n) is 1.07. The third-order valence-corrected chi connectivity index (χ3v) is 4.09. The van der Waals surface area contributed by atoms with Crippen LogP contribution in [-0.4, -0.2) is 20.7 Å². The molecule has 0 heterocycles. The molecule has 0 fully saturated rings. The van der Waals surface area contributed by atoms with Gasteiger partial charge in [-0.1, -0.05) is 11.6 Å².